The summed E-state index contributed by atoms with van der Waals surface area (Å²) in [5, 5.41) is 6.44. The molecule has 2 N–H and O–H groups in total. The van der Waals surface area contributed by atoms with E-state index in [0.717, 1.165) is 63.9 Å². The lowest BCUT2D eigenvalue weighted by Gasteiger charge is -2.32. The normalized spacial score (nSPS) is 20.6. The Bertz CT molecular complexity index is 717. The number of amides is 1. The monoisotopic (exact) mass is 416 g/mol. The average Bonchev–Trinajstić information content (AvgIpc) is 3.25. The molecule has 1 amide bonds. The number of ether oxygens (including phenoxy) is 1. The Hall–Kier alpha value is -2.16. The second-order valence-electron chi connectivity index (χ2n) is 8.20. The third-order valence-electron chi connectivity index (χ3n) is 5.72. The second-order valence-corrected chi connectivity index (χ2v) is 8.20. The molecule has 0 spiro atoms. The van der Waals surface area contributed by atoms with E-state index in [-0.39, 0.29) is 5.91 Å². The van der Waals surface area contributed by atoms with Crippen molar-refractivity contribution in [1.82, 2.24) is 25.3 Å². The molecule has 0 radical (unpaired) electrons. The van der Waals surface area contributed by atoms with Crippen LogP contribution >= 0.6 is 0 Å². The van der Waals surface area contributed by atoms with Crippen molar-refractivity contribution < 1.29 is 9.53 Å². The second kappa shape index (κ2) is 11.3. The number of likely N-dealkylation sites (N-methyl/N-ethyl adjacent to an activating group) is 1. The highest BCUT2D eigenvalue weighted by Gasteiger charge is 2.30. The van der Waals surface area contributed by atoms with Crippen molar-refractivity contribution in [3.8, 4) is 0 Å². The van der Waals surface area contributed by atoms with E-state index in [4.69, 9.17) is 4.74 Å². The molecule has 1 aromatic carbocycles. The van der Waals surface area contributed by atoms with Crippen LogP contribution in [-0.4, -0.2) is 106 Å². The van der Waals surface area contributed by atoms with Crippen LogP contribution in [0.5, 0.6) is 0 Å². The molecule has 2 fully saturated rings. The number of benzene rings is 1. The Kier molecular flexibility index (Phi) is 8.48. The number of hydrogen-bond acceptors (Lipinski definition) is 5. The van der Waals surface area contributed by atoms with Crippen LogP contribution in [0, 0.1) is 0 Å². The Morgan fingerprint density at radius 1 is 1.23 bits per heavy atom. The first-order chi connectivity index (χ1) is 14.6. The van der Waals surface area contributed by atoms with Gasteiger partial charge in [-0.05, 0) is 38.2 Å². The minimum atomic E-state index is -0.0315. The summed E-state index contributed by atoms with van der Waals surface area (Å²) in [5.41, 5.74) is 1.76. The van der Waals surface area contributed by atoms with Gasteiger partial charge in [0, 0.05) is 64.5 Å². The molecule has 0 aliphatic carbocycles. The van der Waals surface area contributed by atoms with Crippen molar-refractivity contribution in [3.05, 3.63) is 35.4 Å². The number of aliphatic imine (C=N–C) groups is 1. The smallest absolute Gasteiger partial charge is 0.251 e. The van der Waals surface area contributed by atoms with Gasteiger partial charge < -0.3 is 25.2 Å². The molecule has 30 heavy (non-hydrogen) atoms. The summed E-state index contributed by atoms with van der Waals surface area (Å²) in [6.07, 6.45) is 1.16. The quantitative estimate of drug-likeness (QED) is 0.497. The fourth-order valence-corrected chi connectivity index (χ4v) is 4.01. The lowest BCUT2D eigenvalue weighted by Crippen LogP contribution is -2.46. The standard InChI is InChI=1S/C22H36N6O2/c1-23-22(28-9-7-20(17-28)27-11-13-30-14-12-27)25-16-18-5-4-6-19(15-18)21(29)24-8-10-26(2)3/h4-6,15,20H,7-14,16-17H2,1-3H3,(H,23,25)(H,24,29). The Morgan fingerprint density at radius 3 is 2.77 bits per heavy atom. The van der Waals surface area contributed by atoms with E-state index in [9.17, 15) is 4.79 Å². The van der Waals surface area contributed by atoms with Crippen LogP contribution in [0.1, 0.15) is 22.3 Å². The number of nitrogens with zero attached hydrogens (tertiary/aromatic N) is 4. The molecule has 166 valence electrons. The molecule has 2 aliphatic rings. The minimum Gasteiger partial charge on any atom is -0.379 e. The van der Waals surface area contributed by atoms with Crippen LogP contribution in [0.15, 0.2) is 29.3 Å². The van der Waals surface area contributed by atoms with Gasteiger partial charge in [-0.3, -0.25) is 14.7 Å². The molecule has 8 nitrogen and oxygen atoms in total. The first kappa shape index (κ1) is 22.5. The summed E-state index contributed by atoms with van der Waals surface area (Å²) in [7, 11) is 5.82. The molecule has 0 saturated carbocycles. The number of carbonyl (C=O) groups excluding carboxylic acids is 1. The largest absolute Gasteiger partial charge is 0.379 e. The number of morpholine rings is 1. The van der Waals surface area contributed by atoms with Crippen LogP contribution in [0.25, 0.3) is 0 Å². The Morgan fingerprint density at radius 2 is 2.03 bits per heavy atom. The summed E-state index contributed by atoms with van der Waals surface area (Å²) in [6, 6.07) is 8.35. The average molecular weight is 417 g/mol. The van der Waals surface area contributed by atoms with E-state index in [1.807, 2.05) is 50.3 Å². The SMILES string of the molecule is CN=C(NCc1cccc(C(=O)NCCN(C)C)c1)N1CCC(N2CCOCC2)C1. The molecule has 1 unspecified atom stereocenters. The molecular weight excluding hydrogens is 380 g/mol. The molecular formula is C22H36N6O2. The van der Waals surface area contributed by atoms with Crippen LogP contribution < -0.4 is 10.6 Å². The molecule has 1 atom stereocenters. The van der Waals surface area contributed by atoms with Crippen LogP contribution in [0.2, 0.25) is 0 Å². The number of rotatable bonds is 7. The highest BCUT2D eigenvalue weighted by atomic mass is 16.5. The topological polar surface area (TPSA) is 72.4 Å². The van der Waals surface area contributed by atoms with Crippen LogP contribution in [0.4, 0.5) is 0 Å². The lowest BCUT2D eigenvalue weighted by molar-refractivity contribution is 0.0195. The maximum absolute atomic E-state index is 12.4. The van der Waals surface area contributed by atoms with Gasteiger partial charge in [-0.2, -0.15) is 0 Å². The fraction of sp³-hybridized carbons (Fsp3) is 0.636. The number of guanidine groups is 1. The number of likely N-dealkylation sites (tertiary alicyclic amines) is 1. The van der Waals surface area contributed by atoms with Crippen molar-refractivity contribution in [2.24, 2.45) is 4.99 Å². The van der Waals surface area contributed by atoms with Gasteiger partial charge in [-0.15, -0.1) is 0 Å². The van der Waals surface area contributed by atoms with Gasteiger partial charge in [-0.1, -0.05) is 12.1 Å². The summed E-state index contributed by atoms with van der Waals surface area (Å²) < 4.78 is 5.48. The molecule has 2 saturated heterocycles. The van der Waals surface area contributed by atoms with Gasteiger partial charge >= 0.3 is 0 Å². The number of nitrogens with one attached hydrogen (secondary N) is 2. The predicted octanol–water partition coefficient (Wildman–Crippen LogP) is 0.460. The van der Waals surface area contributed by atoms with Gasteiger partial charge in [0.15, 0.2) is 5.96 Å². The molecule has 1 aromatic rings. The van der Waals surface area contributed by atoms with Gasteiger partial charge in [-0.25, -0.2) is 0 Å². The third kappa shape index (κ3) is 6.42. The number of hydrogen-bond donors (Lipinski definition) is 2. The highest BCUT2D eigenvalue weighted by molar-refractivity contribution is 5.94. The Labute approximate surface area is 180 Å². The molecule has 3 rings (SSSR count). The van der Waals surface area contributed by atoms with Gasteiger partial charge in [0.05, 0.1) is 13.2 Å². The van der Waals surface area contributed by atoms with Crippen molar-refractivity contribution >= 4 is 11.9 Å². The maximum Gasteiger partial charge on any atom is 0.251 e. The first-order valence-corrected chi connectivity index (χ1v) is 10.9. The molecule has 2 aliphatic heterocycles. The molecule has 0 aromatic heterocycles. The van der Waals surface area contributed by atoms with E-state index in [0.29, 0.717) is 24.7 Å². The van der Waals surface area contributed by atoms with E-state index in [2.05, 4.69) is 25.4 Å². The fourth-order valence-electron chi connectivity index (χ4n) is 4.01. The van der Waals surface area contributed by atoms with Crippen LogP contribution in [0.3, 0.4) is 0 Å². The van der Waals surface area contributed by atoms with E-state index in [1.54, 1.807) is 0 Å². The van der Waals surface area contributed by atoms with Crippen molar-refractivity contribution in [3.63, 3.8) is 0 Å². The highest BCUT2D eigenvalue weighted by Crippen LogP contribution is 2.17. The Balaban J connectivity index is 1.49. The summed E-state index contributed by atoms with van der Waals surface area (Å²) in [4.78, 5) is 23.8. The van der Waals surface area contributed by atoms with Crippen molar-refractivity contribution in [2.75, 3.05) is 73.6 Å². The summed E-state index contributed by atoms with van der Waals surface area (Å²) >= 11 is 0. The zero-order chi connectivity index (χ0) is 21.3. The van der Waals surface area contributed by atoms with E-state index >= 15 is 0 Å². The number of carbonyl (C=O) groups is 1. The summed E-state index contributed by atoms with van der Waals surface area (Å²) in [5.74, 6) is 0.891. The summed E-state index contributed by atoms with van der Waals surface area (Å²) in [6.45, 7) is 7.83. The molecule has 2 heterocycles. The van der Waals surface area contributed by atoms with Gasteiger partial charge in [0.2, 0.25) is 0 Å². The van der Waals surface area contributed by atoms with Gasteiger partial charge in [0.25, 0.3) is 5.91 Å². The molecule has 8 heteroatoms. The minimum absolute atomic E-state index is 0.0315. The van der Waals surface area contributed by atoms with E-state index < -0.39 is 0 Å². The van der Waals surface area contributed by atoms with Crippen molar-refractivity contribution in [2.45, 2.75) is 19.0 Å². The first-order valence-electron chi connectivity index (χ1n) is 10.9. The van der Waals surface area contributed by atoms with Crippen molar-refractivity contribution in [1.29, 1.82) is 0 Å². The molecule has 0 bridgehead atoms. The predicted molar refractivity (Wildman–Crippen MR) is 120 cm³/mol. The third-order valence-corrected chi connectivity index (χ3v) is 5.72. The van der Waals surface area contributed by atoms with Gasteiger partial charge in [0.1, 0.15) is 0 Å². The van der Waals surface area contributed by atoms with E-state index in [1.165, 1.54) is 0 Å². The maximum atomic E-state index is 12.4. The van der Waals surface area contributed by atoms with Crippen LogP contribution in [-0.2, 0) is 11.3 Å². The zero-order valence-corrected chi connectivity index (χ0v) is 18.6. The lowest BCUT2D eigenvalue weighted by atomic mass is 10.1. The zero-order valence-electron chi connectivity index (χ0n) is 18.6.